The molecule has 11 heavy (non-hydrogen) atoms. The quantitative estimate of drug-likeness (QED) is 0.623. The monoisotopic (exact) mass is 178 g/mol. The topological polar surface area (TPSA) is 46.2 Å². The Morgan fingerprint density at radius 1 is 1.27 bits per heavy atom. The van der Waals surface area contributed by atoms with E-state index in [9.17, 15) is 8.42 Å². The van der Waals surface area contributed by atoms with Gasteiger partial charge in [0.1, 0.15) is 0 Å². The molecule has 0 fully saturated rings. The molecule has 0 amide bonds. The molecule has 0 aromatic carbocycles. The van der Waals surface area contributed by atoms with Crippen molar-refractivity contribution in [1.29, 1.82) is 0 Å². The van der Waals surface area contributed by atoms with Gasteiger partial charge in [-0.1, -0.05) is 26.2 Å². The average Bonchev–Trinajstić information content (AvgIpc) is 1.99. The van der Waals surface area contributed by atoms with E-state index in [2.05, 4.69) is 14.0 Å². The highest BCUT2D eigenvalue weighted by Crippen LogP contribution is 2.00. The van der Waals surface area contributed by atoms with Crippen molar-refractivity contribution >= 4 is 10.0 Å². The van der Waals surface area contributed by atoms with Gasteiger partial charge >= 0.3 is 0 Å². The van der Waals surface area contributed by atoms with Crippen molar-refractivity contribution in [2.45, 2.75) is 32.6 Å². The summed E-state index contributed by atoms with van der Waals surface area (Å²) in [5, 5.41) is 0. The molecule has 0 saturated carbocycles. The van der Waals surface area contributed by atoms with E-state index in [1.165, 1.54) is 0 Å². The zero-order valence-corrected chi connectivity index (χ0v) is 7.78. The first-order chi connectivity index (χ1) is 5.12. The smallest absolute Gasteiger partial charge is 0.211 e. The number of hydrogen-bond acceptors (Lipinski definition) is 2. The molecule has 0 aliphatic heterocycles. The van der Waals surface area contributed by atoms with Crippen molar-refractivity contribution in [3.05, 3.63) is 7.05 Å². The van der Waals surface area contributed by atoms with E-state index in [0.29, 0.717) is 0 Å². The fourth-order valence-electron chi connectivity index (χ4n) is 0.791. The van der Waals surface area contributed by atoms with E-state index in [1.807, 2.05) is 4.72 Å². The van der Waals surface area contributed by atoms with Crippen LogP contribution in [0.1, 0.15) is 32.6 Å². The molecule has 0 unspecified atom stereocenters. The summed E-state index contributed by atoms with van der Waals surface area (Å²) in [6.45, 7) is 2.09. The second kappa shape index (κ2) is 5.55. The third-order valence-corrected chi connectivity index (χ3v) is 2.75. The third kappa shape index (κ3) is 6.31. The van der Waals surface area contributed by atoms with E-state index in [0.717, 1.165) is 25.7 Å². The van der Waals surface area contributed by atoms with Crippen LogP contribution in [0.3, 0.4) is 0 Å². The molecular formula is C7H16NO2S. The molecule has 1 N–H and O–H groups in total. The summed E-state index contributed by atoms with van der Waals surface area (Å²) < 4.78 is 23.6. The Kier molecular flexibility index (Phi) is 5.50. The van der Waals surface area contributed by atoms with Crippen molar-refractivity contribution in [3.63, 3.8) is 0 Å². The fourth-order valence-corrected chi connectivity index (χ4v) is 1.52. The van der Waals surface area contributed by atoms with Crippen LogP contribution in [-0.2, 0) is 10.0 Å². The first-order valence-corrected chi connectivity index (χ1v) is 5.54. The highest BCUT2D eigenvalue weighted by Gasteiger charge is 2.04. The summed E-state index contributed by atoms with van der Waals surface area (Å²) in [5.41, 5.74) is 0. The molecule has 0 bridgehead atoms. The number of unbranched alkanes of at least 4 members (excludes halogenated alkanes) is 3. The van der Waals surface area contributed by atoms with E-state index >= 15 is 0 Å². The van der Waals surface area contributed by atoms with Crippen LogP contribution in [0.15, 0.2) is 0 Å². The molecule has 0 aliphatic rings. The van der Waals surface area contributed by atoms with Crippen molar-refractivity contribution < 1.29 is 8.42 Å². The van der Waals surface area contributed by atoms with Crippen molar-refractivity contribution in [3.8, 4) is 0 Å². The first-order valence-electron chi connectivity index (χ1n) is 3.89. The standard InChI is InChI=1S/C7H16NO2S/c1-3-4-5-6-7-11(9,10)8-2/h8H,2-7H2,1H3. The van der Waals surface area contributed by atoms with Crippen LogP contribution in [0.25, 0.3) is 0 Å². The van der Waals surface area contributed by atoms with Gasteiger partial charge < -0.3 is 0 Å². The van der Waals surface area contributed by atoms with Gasteiger partial charge in [0.05, 0.1) is 5.75 Å². The molecule has 3 nitrogen and oxygen atoms in total. The molecule has 67 valence electrons. The van der Waals surface area contributed by atoms with Gasteiger partial charge in [0.15, 0.2) is 0 Å². The van der Waals surface area contributed by atoms with Crippen LogP contribution in [0.4, 0.5) is 0 Å². The summed E-state index contributed by atoms with van der Waals surface area (Å²) in [6, 6.07) is 0. The van der Waals surface area contributed by atoms with Gasteiger partial charge in [-0.3, -0.25) is 0 Å². The minimum Gasteiger partial charge on any atom is -0.214 e. The SMILES string of the molecule is [CH2]NS(=O)(=O)CCCCCC. The minimum atomic E-state index is -3.06. The van der Waals surface area contributed by atoms with E-state index in [4.69, 9.17) is 0 Å². The van der Waals surface area contributed by atoms with Gasteiger partial charge in [-0.25, -0.2) is 13.1 Å². The Labute approximate surface area is 69.2 Å². The molecule has 0 heterocycles. The Bertz CT molecular complexity index is 175. The normalized spacial score (nSPS) is 11.8. The molecule has 0 rings (SSSR count). The number of hydrogen-bond donors (Lipinski definition) is 1. The Morgan fingerprint density at radius 3 is 2.36 bits per heavy atom. The Morgan fingerprint density at radius 2 is 1.91 bits per heavy atom. The van der Waals surface area contributed by atoms with E-state index < -0.39 is 10.0 Å². The maximum Gasteiger partial charge on any atom is 0.211 e. The van der Waals surface area contributed by atoms with E-state index in [1.54, 1.807) is 0 Å². The predicted octanol–water partition coefficient (Wildman–Crippen LogP) is 1.28. The van der Waals surface area contributed by atoms with E-state index in [-0.39, 0.29) is 5.75 Å². The minimum absolute atomic E-state index is 0.205. The van der Waals surface area contributed by atoms with Crippen molar-refractivity contribution in [2.75, 3.05) is 5.75 Å². The molecule has 0 aromatic rings. The molecule has 0 saturated heterocycles. The van der Waals surface area contributed by atoms with Crippen LogP contribution in [0.2, 0.25) is 0 Å². The molecule has 0 aromatic heterocycles. The van der Waals surface area contributed by atoms with Crippen LogP contribution >= 0.6 is 0 Å². The second-order valence-electron chi connectivity index (χ2n) is 2.52. The molecule has 1 radical (unpaired) electrons. The number of sulfonamides is 1. The highest BCUT2D eigenvalue weighted by molar-refractivity contribution is 7.89. The lowest BCUT2D eigenvalue weighted by atomic mass is 10.2. The molecule has 0 atom stereocenters. The molecule has 0 spiro atoms. The Balaban J connectivity index is 3.39. The average molecular weight is 178 g/mol. The van der Waals surface area contributed by atoms with Crippen LogP contribution < -0.4 is 4.72 Å². The summed E-state index contributed by atoms with van der Waals surface area (Å²) >= 11 is 0. The van der Waals surface area contributed by atoms with Crippen molar-refractivity contribution in [1.82, 2.24) is 4.72 Å². The summed E-state index contributed by atoms with van der Waals surface area (Å²) in [4.78, 5) is 0. The first kappa shape index (κ1) is 10.9. The molecule has 4 heteroatoms. The maximum atomic E-state index is 10.8. The molecule has 0 aliphatic carbocycles. The van der Waals surface area contributed by atoms with Gasteiger partial charge in [0.2, 0.25) is 10.0 Å². The van der Waals surface area contributed by atoms with Gasteiger partial charge in [0, 0.05) is 7.05 Å². The van der Waals surface area contributed by atoms with Crippen LogP contribution in [-0.4, -0.2) is 14.2 Å². The second-order valence-corrected chi connectivity index (χ2v) is 4.45. The maximum absolute atomic E-state index is 10.8. The fraction of sp³-hybridized carbons (Fsp3) is 0.857. The molecular weight excluding hydrogens is 162 g/mol. The van der Waals surface area contributed by atoms with Crippen LogP contribution in [0.5, 0.6) is 0 Å². The zero-order valence-electron chi connectivity index (χ0n) is 6.97. The summed E-state index contributed by atoms with van der Waals surface area (Å²) in [5.74, 6) is 0.205. The zero-order chi connectivity index (χ0) is 8.74. The summed E-state index contributed by atoms with van der Waals surface area (Å²) in [7, 11) is 0.0572. The lowest BCUT2D eigenvalue weighted by Crippen LogP contribution is -2.19. The lowest BCUT2D eigenvalue weighted by Gasteiger charge is -2.00. The van der Waals surface area contributed by atoms with Crippen molar-refractivity contribution in [2.24, 2.45) is 0 Å². The third-order valence-electron chi connectivity index (χ3n) is 1.49. The summed E-state index contributed by atoms with van der Waals surface area (Å²) in [6.07, 6.45) is 3.95. The van der Waals surface area contributed by atoms with Gasteiger partial charge in [0.25, 0.3) is 0 Å². The predicted molar refractivity (Wildman–Crippen MR) is 46.4 cm³/mol. The lowest BCUT2D eigenvalue weighted by molar-refractivity contribution is 0.583. The van der Waals surface area contributed by atoms with Gasteiger partial charge in [-0.15, -0.1) is 0 Å². The highest BCUT2D eigenvalue weighted by atomic mass is 32.2. The Hall–Kier alpha value is -0.0900. The number of rotatable bonds is 6. The van der Waals surface area contributed by atoms with Gasteiger partial charge in [-0.2, -0.15) is 0 Å². The van der Waals surface area contributed by atoms with Gasteiger partial charge in [-0.05, 0) is 6.42 Å². The van der Waals surface area contributed by atoms with Crippen LogP contribution in [0, 0.1) is 7.05 Å². The largest absolute Gasteiger partial charge is 0.214 e. The number of nitrogens with one attached hydrogen (secondary N) is 1.